The van der Waals surface area contributed by atoms with Crippen molar-refractivity contribution in [2.24, 2.45) is 0 Å². The second kappa shape index (κ2) is 6.79. The summed E-state index contributed by atoms with van der Waals surface area (Å²) in [5.41, 5.74) is 3.01. The summed E-state index contributed by atoms with van der Waals surface area (Å²) < 4.78 is 0. The van der Waals surface area contributed by atoms with E-state index in [1.165, 1.54) is 6.92 Å². The molecule has 1 unspecified atom stereocenters. The first-order chi connectivity index (χ1) is 9.31. The number of aryl methyl sites for hydroxylation is 1. The van der Waals surface area contributed by atoms with Crippen LogP contribution in [0.1, 0.15) is 12.5 Å². The van der Waals surface area contributed by atoms with E-state index in [1.54, 1.807) is 0 Å². The number of aliphatic carboxylic acids is 1. The molecule has 0 spiro atoms. The van der Waals surface area contributed by atoms with Crippen molar-refractivity contribution >= 4 is 23.3 Å². The van der Waals surface area contributed by atoms with Crippen LogP contribution in [0, 0.1) is 6.92 Å². The smallest absolute Gasteiger partial charge is 0.328 e. The Labute approximate surface area is 118 Å². The maximum Gasteiger partial charge on any atom is 0.328 e. The third kappa shape index (κ3) is 4.46. The first-order valence-electron chi connectivity index (χ1n) is 6.33. The molecule has 0 aliphatic heterocycles. The van der Waals surface area contributed by atoms with Gasteiger partial charge in [0, 0.05) is 38.9 Å². The van der Waals surface area contributed by atoms with E-state index >= 15 is 0 Å². The predicted octanol–water partition coefficient (Wildman–Crippen LogP) is 1.06. The molecule has 0 heterocycles. The van der Waals surface area contributed by atoms with Crippen LogP contribution in [0.25, 0.3) is 0 Å². The minimum atomic E-state index is -1.06. The predicted molar refractivity (Wildman–Crippen MR) is 79.2 cm³/mol. The lowest BCUT2D eigenvalue weighted by Crippen LogP contribution is -2.44. The van der Waals surface area contributed by atoms with Crippen molar-refractivity contribution in [1.82, 2.24) is 5.32 Å². The molecule has 1 aromatic carbocycles. The summed E-state index contributed by atoms with van der Waals surface area (Å²) >= 11 is 0. The van der Waals surface area contributed by atoms with Gasteiger partial charge in [0.05, 0.1) is 0 Å². The van der Waals surface area contributed by atoms with Gasteiger partial charge in [-0.25, -0.2) is 4.79 Å². The average molecular weight is 279 g/mol. The zero-order valence-electron chi connectivity index (χ0n) is 12.2. The third-order valence-electron chi connectivity index (χ3n) is 2.88. The van der Waals surface area contributed by atoms with Crippen molar-refractivity contribution in [2.75, 3.05) is 30.9 Å². The van der Waals surface area contributed by atoms with Gasteiger partial charge >= 0.3 is 5.97 Å². The van der Waals surface area contributed by atoms with Gasteiger partial charge in [0.1, 0.15) is 6.04 Å². The van der Waals surface area contributed by atoms with Crippen molar-refractivity contribution < 1.29 is 14.7 Å². The Morgan fingerprint density at radius 1 is 1.35 bits per heavy atom. The Balaban J connectivity index is 2.75. The molecule has 6 nitrogen and oxygen atoms in total. The molecular weight excluding hydrogens is 258 g/mol. The molecule has 0 aliphatic carbocycles. The molecule has 1 amide bonds. The summed E-state index contributed by atoms with van der Waals surface area (Å²) in [4.78, 5) is 24.0. The molecule has 1 atom stereocenters. The number of nitrogens with one attached hydrogen (secondary N) is 2. The number of nitrogens with zero attached hydrogens (tertiary/aromatic N) is 1. The average Bonchev–Trinajstić information content (AvgIpc) is 2.34. The molecule has 0 saturated heterocycles. The fourth-order valence-electron chi connectivity index (χ4n) is 1.87. The summed E-state index contributed by atoms with van der Waals surface area (Å²) in [7, 11) is 3.90. The van der Waals surface area contributed by atoms with Gasteiger partial charge in [0.15, 0.2) is 0 Å². The Kier molecular flexibility index (Phi) is 5.37. The van der Waals surface area contributed by atoms with E-state index in [-0.39, 0.29) is 12.5 Å². The number of carboxylic acids is 1. The number of benzene rings is 1. The Hall–Kier alpha value is -2.24. The zero-order chi connectivity index (χ0) is 15.3. The van der Waals surface area contributed by atoms with Gasteiger partial charge in [-0.3, -0.25) is 4.79 Å². The number of amides is 1. The molecule has 6 heteroatoms. The van der Waals surface area contributed by atoms with Crippen LogP contribution in [0.3, 0.4) is 0 Å². The molecule has 3 N–H and O–H groups in total. The topological polar surface area (TPSA) is 81.7 Å². The molecular formula is C14H21N3O3. The number of carboxylic acid groups (broad SMARTS) is 1. The van der Waals surface area contributed by atoms with Crippen LogP contribution in [0.2, 0.25) is 0 Å². The minimum Gasteiger partial charge on any atom is -0.480 e. The van der Waals surface area contributed by atoms with Gasteiger partial charge in [-0.15, -0.1) is 0 Å². The highest BCUT2D eigenvalue weighted by atomic mass is 16.4. The van der Waals surface area contributed by atoms with Crippen molar-refractivity contribution in [1.29, 1.82) is 0 Å². The van der Waals surface area contributed by atoms with Gasteiger partial charge in [-0.2, -0.15) is 0 Å². The summed E-state index contributed by atoms with van der Waals surface area (Å²) in [6.07, 6.45) is 0. The van der Waals surface area contributed by atoms with Crippen LogP contribution in [0.4, 0.5) is 11.4 Å². The number of hydrogen-bond acceptors (Lipinski definition) is 4. The number of anilines is 2. The lowest BCUT2D eigenvalue weighted by molar-refractivity contribution is -0.141. The lowest BCUT2D eigenvalue weighted by atomic mass is 10.1. The van der Waals surface area contributed by atoms with Crippen LogP contribution in [0.15, 0.2) is 18.2 Å². The van der Waals surface area contributed by atoms with E-state index in [0.29, 0.717) is 0 Å². The van der Waals surface area contributed by atoms with E-state index < -0.39 is 12.0 Å². The number of carbonyl (C=O) groups excluding carboxylic acids is 1. The Bertz CT molecular complexity index is 500. The van der Waals surface area contributed by atoms with E-state index in [2.05, 4.69) is 10.6 Å². The van der Waals surface area contributed by atoms with Crippen molar-refractivity contribution in [3.63, 3.8) is 0 Å². The van der Waals surface area contributed by atoms with E-state index in [0.717, 1.165) is 16.9 Å². The van der Waals surface area contributed by atoms with Gasteiger partial charge in [0.2, 0.25) is 5.91 Å². The molecule has 0 aromatic heterocycles. The Morgan fingerprint density at radius 2 is 2.00 bits per heavy atom. The molecule has 20 heavy (non-hydrogen) atoms. The summed E-state index contributed by atoms with van der Waals surface area (Å²) in [6.45, 7) is 3.44. The first kappa shape index (κ1) is 15.8. The Morgan fingerprint density at radius 3 is 2.50 bits per heavy atom. The standard InChI is InChI=1S/C14H21N3O3/c1-9-5-6-11(7-13(9)17(3)4)15-8-12(14(19)20)16-10(2)18/h5-7,12,15H,8H2,1-4H3,(H,16,18)(H,19,20). The number of carbonyl (C=O) groups is 2. The van der Waals surface area contributed by atoms with Crippen molar-refractivity contribution in [3.05, 3.63) is 23.8 Å². The lowest BCUT2D eigenvalue weighted by Gasteiger charge is -2.19. The molecule has 0 saturated carbocycles. The fraction of sp³-hybridized carbons (Fsp3) is 0.429. The molecule has 0 fully saturated rings. The van der Waals surface area contributed by atoms with E-state index in [1.807, 2.05) is 44.1 Å². The van der Waals surface area contributed by atoms with E-state index in [4.69, 9.17) is 5.11 Å². The summed E-state index contributed by atoms with van der Waals surface area (Å²) in [6, 6.07) is 4.85. The highest BCUT2D eigenvalue weighted by molar-refractivity contribution is 5.82. The maximum absolute atomic E-state index is 11.0. The second-order valence-corrected chi connectivity index (χ2v) is 4.87. The van der Waals surface area contributed by atoms with Crippen LogP contribution >= 0.6 is 0 Å². The van der Waals surface area contributed by atoms with Gasteiger partial charge < -0.3 is 20.6 Å². The molecule has 1 rings (SSSR count). The quantitative estimate of drug-likeness (QED) is 0.725. The molecule has 0 bridgehead atoms. The van der Waals surface area contributed by atoms with Crippen LogP contribution in [-0.4, -0.2) is 43.7 Å². The number of rotatable bonds is 6. The fourth-order valence-corrected chi connectivity index (χ4v) is 1.87. The molecule has 110 valence electrons. The largest absolute Gasteiger partial charge is 0.480 e. The van der Waals surface area contributed by atoms with Gasteiger partial charge in [0.25, 0.3) is 0 Å². The maximum atomic E-state index is 11.0. The van der Waals surface area contributed by atoms with Crippen LogP contribution in [0.5, 0.6) is 0 Å². The molecule has 1 aromatic rings. The summed E-state index contributed by atoms with van der Waals surface area (Å²) in [5, 5.41) is 14.4. The van der Waals surface area contributed by atoms with Gasteiger partial charge in [-0.05, 0) is 24.6 Å². The highest BCUT2D eigenvalue weighted by Crippen LogP contribution is 2.22. The zero-order valence-corrected chi connectivity index (χ0v) is 12.2. The van der Waals surface area contributed by atoms with Gasteiger partial charge in [-0.1, -0.05) is 6.07 Å². The normalized spacial score (nSPS) is 11.6. The van der Waals surface area contributed by atoms with E-state index in [9.17, 15) is 9.59 Å². The number of hydrogen-bond donors (Lipinski definition) is 3. The monoisotopic (exact) mass is 279 g/mol. The first-order valence-corrected chi connectivity index (χ1v) is 6.33. The van der Waals surface area contributed by atoms with Crippen LogP contribution in [-0.2, 0) is 9.59 Å². The van der Waals surface area contributed by atoms with Crippen LogP contribution < -0.4 is 15.5 Å². The molecule has 0 radical (unpaired) electrons. The van der Waals surface area contributed by atoms with Crippen molar-refractivity contribution in [3.8, 4) is 0 Å². The minimum absolute atomic E-state index is 0.130. The highest BCUT2D eigenvalue weighted by Gasteiger charge is 2.17. The SMILES string of the molecule is CC(=O)NC(CNc1ccc(C)c(N(C)C)c1)C(=O)O. The summed E-state index contributed by atoms with van der Waals surface area (Å²) in [5.74, 6) is -1.43. The second-order valence-electron chi connectivity index (χ2n) is 4.87. The third-order valence-corrected chi connectivity index (χ3v) is 2.88. The van der Waals surface area contributed by atoms with Crippen molar-refractivity contribution in [2.45, 2.75) is 19.9 Å². The molecule has 0 aliphatic rings.